The summed E-state index contributed by atoms with van der Waals surface area (Å²) in [6.45, 7) is 7.92. The molecule has 4 heteroatoms. The summed E-state index contributed by atoms with van der Waals surface area (Å²) >= 11 is 0. The number of anilines is 1. The molecule has 0 aromatic heterocycles. The second-order valence-electron chi connectivity index (χ2n) is 7.82. The molecule has 0 heterocycles. The predicted molar refractivity (Wildman–Crippen MR) is 121 cm³/mol. The Hall–Kier alpha value is -2.72. The summed E-state index contributed by atoms with van der Waals surface area (Å²) in [5, 5.41) is 0. The highest BCUT2D eigenvalue weighted by molar-refractivity contribution is 5.80. The third kappa shape index (κ3) is 5.42. The zero-order valence-electron chi connectivity index (χ0n) is 17.3. The van der Waals surface area contributed by atoms with Gasteiger partial charge < -0.3 is 5.43 Å². The van der Waals surface area contributed by atoms with Crippen molar-refractivity contribution in [3.8, 4) is 11.1 Å². The van der Waals surface area contributed by atoms with Gasteiger partial charge in [0.05, 0.1) is 11.2 Å². The van der Waals surface area contributed by atoms with Crippen LogP contribution in [0.3, 0.4) is 0 Å². The normalized spacial score (nSPS) is 16.2. The molecule has 0 spiro atoms. The Bertz CT molecular complexity index is 869. The van der Waals surface area contributed by atoms with Crippen LogP contribution < -0.4 is 10.9 Å². The second kappa shape index (κ2) is 9.66. The van der Waals surface area contributed by atoms with E-state index in [1.807, 2.05) is 50.3 Å². The van der Waals surface area contributed by atoms with Crippen LogP contribution >= 0.6 is 0 Å². The molecule has 0 amide bonds. The van der Waals surface area contributed by atoms with Gasteiger partial charge in [-0.1, -0.05) is 56.2 Å². The molecule has 1 saturated carbocycles. The molecule has 3 rings (SSSR count). The van der Waals surface area contributed by atoms with Crippen molar-refractivity contribution in [1.82, 2.24) is 5.43 Å². The molecule has 1 fully saturated rings. The number of aliphatic imine (C=N–C) groups is 1. The van der Waals surface area contributed by atoms with Crippen LogP contribution in [-0.2, 0) is 0 Å². The van der Waals surface area contributed by atoms with Gasteiger partial charge in [-0.05, 0) is 68.2 Å². The molecular formula is C25H30FN3. The van der Waals surface area contributed by atoms with Crippen LogP contribution in [0.4, 0.5) is 10.1 Å². The van der Waals surface area contributed by atoms with E-state index < -0.39 is 0 Å². The molecule has 0 radical (unpaired) electrons. The number of nitrogens with one attached hydrogen (secondary N) is 2. The highest BCUT2D eigenvalue weighted by Gasteiger charge is 2.35. The molecule has 0 bridgehead atoms. The van der Waals surface area contributed by atoms with Crippen LogP contribution in [0.1, 0.15) is 46.0 Å². The lowest BCUT2D eigenvalue weighted by molar-refractivity contribution is 0.288. The van der Waals surface area contributed by atoms with Gasteiger partial charge >= 0.3 is 0 Å². The van der Waals surface area contributed by atoms with Gasteiger partial charge in [0.25, 0.3) is 0 Å². The van der Waals surface area contributed by atoms with Crippen molar-refractivity contribution in [3.05, 3.63) is 78.8 Å². The summed E-state index contributed by atoms with van der Waals surface area (Å²) in [4.78, 5) is 4.81. The first-order chi connectivity index (χ1) is 14.0. The van der Waals surface area contributed by atoms with E-state index in [0.29, 0.717) is 0 Å². The molecule has 0 unspecified atom stereocenters. The summed E-state index contributed by atoms with van der Waals surface area (Å²) in [5.74, 6) is -0.220. The fourth-order valence-electron chi connectivity index (χ4n) is 3.84. The lowest BCUT2D eigenvalue weighted by Gasteiger charge is -2.39. The van der Waals surface area contributed by atoms with Crippen LogP contribution in [0.2, 0.25) is 0 Å². The predicted octanol–water partition coefficient (Wildman–Crippen LogP) is 6.66. The van der Waals surface area contributed by atoms with Crippen molar-refractivity contribution >= 4 is 11.4 Å². The molecule has 3 nitrogen and oxygen atoms in total. The molecular weight excluding hydrogens is 361 g/mol. The first-order valence-corrected chi connectivity index (χ1v) is 10.3. The number of rotatable bonds is 7. The van der Waals surface area contributed by atoms with E-state index in [9.17, 15) is 4.39 Å². The quantitative estimate of drug-likeness (QED) is 0.314. The Labute approximate surface area is 173 Å². The average molecular weight is 392 g/mol. The van der Waals surface area contributed by atoms with Crippen LogP contribution in [0.25, 0.3) is 11.1 Å². The summed E-state index contributed by atoms with van der Waals surface area (Å²) in [5.41, 5.74) is 11.9. The lowest BCUT2D eigenvalue weighted by atomic mass is 9.79. The van der Waals surface area contributed by atoms with Crippen molar-refractivity contribution in [1.29, 1.82) is 0 Å². The summed E-state index contributed by atoms with van der Waals surface area (Å²) in [7, 11) is 0. The van der Waals surface area contributed by atoms with Crippen molar-refractivity contribution in [2.24, 2.45) is 4.99 Å². The van der Waals surface area contributed by atoms with Gasteiger partial charge in [-0.25, -0.2) is 9.82 Å². The lowest BCUT2D eigenvalue weighted by Crippen LogP contribution is -2.50. The van der Waals surface area contributed by atoms with Gasteiger partial charge in [0.15, 0.2) is 0 Å². The highest BCUT2D eigenvalue weighted by Crippen LogP contribution is 2.35. The van der Waals surface area contributed by atoms with E-state index in [0.717, 1.165) is 41.1 Å². The number of benzene rings is 2. The van der Waals surface area contributed by atoms with Gasteiger partial charge in [-0.3, -0.25) is 4.99 Å². The van der Waals surface area contributed by atoms with Gasteiger partial charge in [0, 0.05) is 11.4 Å². The van der Waals surface area contributed by atoms with Crippen LogP contribution in [0.5, 0.6) is 0 Å². The summed E-state index contributed by atoms with van der Waals surface area (Å²) < 4.78 is 13.1. The number of allylic oxidation sites excluding steroid dienone is 2. The fourth-order valence-corrected chi connectivity index (χ4v) is 3.84. The zero-order chi connectivity index (χ0) is 20.7. The van der Waals surface area contributed by atoms with E-state index in [4.69, 9.17) is 4.99 Å². The first kappa shape index (κ1) is 21.0. The smallest absolute Gasteiger partial charge is 0.123 e. The van der Waals surface area contributed by atoms with E-state index in [2.05, 4.69) is 17.4 Å². The molecule has 1 aliphatic rings. The van der Waals surface area contributed by atoms with Gasteiger partial charge in [0.2, 0.25) is 0 Å². The number of halogens is 1. The Balaban J connectivity index is 1.77. The molecule has 0 atom stereocenters. The molecule has 2 aromatic carbocycles. The summed E-state index contributed by atoms with van der Waals surface area (Å²) in [6.07, 6.45) is 9.50. The van der Waals surface area contributed by atoms with Crippen LogP contribution in [0, 0.1) is 5.82 Å². The minimum Gasteiger partial charge on any atom is -0.321 e. The molecule has 1 aliphatic carbocycles. The Morgan fingerprint density at radius 2 is 1.55 bits per heavy atom. The SMILES string of the molecule is C=C/C=C(\N=C(C)C)C1(NNc2ccc(-c3ccc(F)cc3)cc2)CCCCC1. The van der Waals surface area contributed by atoms with E-state index >= 15 is 0 Å². The summed E-state index contributed by atoms with van der Waals surface area (Å²) in [6, 6.07) is 14.7. The van der Waals surface area contributed by atoms with Gasteiger partial charge in [-0.15, -0.1) is 0 Å². The molecule has 29 heavy (non-hydrogen) atoms. The van der Waals surface area contributed by atoms with E-state index in [-0.39, 0.29) is 11.4 Å². The second-order valence-corrected chi connectivity index (χ2v) is 7.82. The van der Waals surface area contributed by atoms with Crippen molar-refractivity contribution in [3.63, 3.8) is 0 Å². The largest absolute Gasteiger partial charge is 0.321 e. The molecule has 2 N–H and O–H groups in total. The number of hydrazine groups is 1. The van der Waals surface area contributed by atoms with E-state index in [1.165, 1.54) is 31.4 Å². The molecule has 152 valence electrons. The standard InChI is InChI=1S/C25H30FN3/c1-4-8-24(27-19(2)3)25(17-6-5-7-18-25)29-28-23-15-11-21(12-16-23)20-9-13-22(26)14-10-20/h4,8-16,28-29H,1,5-7,17-18H2,2-3H3/b24-8-. The molecule has 0 aliphatic heterocycles. The molecule has 2 aromatic rings. The van der Waals surface area contributed by atoms with Crippen LogP contribution in [-0.4, -0.2) is 11.3 Å². The minimum absolute atomic E-state index is 0.209. The monoisotopic (exact) mass is 391 g/mol. The topological polar surface area (TPSA) is 36.4 Å². The van der Waals surface area contributed by atoms with Gasteiger partial charge in [-0.2, -0.15) is 0 Å². The number of hydrogen-bond donors (Lipinski definition) is 2. The molecule has 0 saturated heterocycles. The van der Waals surface area contributed by atoms with E-state index in [1.54, 1.807) is 12.1 Å². The maximum absolute atomic E-state index is 13.1. The Kier molecular flexibility index (Phi) is 6.99. The zero-order valence-corrected chi connectivity index (χ0v) is 17.3. The van der Waals surface area contributed by atoms with Crippen LogP contribution in [0.15, 0.2) is 78.0 Å². The Morgan fingerprint density at radius 1 is 0.966 bits per heavy atom. The average Bonchev–Trinajstić information content (AvgIpc) is 2.73. The highest BCUT2D eigenvalue weighted by atomic mass is 19.1. The van der Waals surface area contributed by atoms with Crippen molar-refractivity contribution in [2.45, 2.75) is 51.5 Å². The maximum atomic E-state index is 13.1. The van der Waals surface area contributed by atoms with Crippen molar-refractivity contribution in [2.75, 3.05) is 5.43 Å². The third-order valence-electron chi connectivity index (χ3n) is 5.33. The third-order valence-corrected chi connectivity index (χ3v) is 5.33. The number of hydrogen-bond acceptors (Lipinski definition) is 3. The number of nitrogens with zero attached hydrogens (tertiary/aromatic N) is 1. The van der Waals surface area contributed by atoms with Crippen molar-refractivity contribution < 1.29 is 4.39 Å². The first-order valence-electron chi connectivity index (χ1n) is 10.3. The fraction of sp³-hybridized carbons (Fsp3) is 0.320. The minimum atomic E-state index is -0.220. The Morgan fingerprint density at radius 3 is 2.10 bits per heavy atom. The maximum Gasteiger partial charge on any atom is 0.123 e. The van der Waals surface area contributed by atoms with Gasteiger partial charge in [0.1, 0.15) is 5.82 Å².